The summed E-state index contributed by atoms with van der Waals surface area (Å²) in [5.41, 5.74) is 0.977. The molecule has 0 spiro atoms. The van der Waals surface area contributed by atoms with Gasteiger partial charge in [0.2, 0.25) is 17.7 Å². The molecule has 248 valence electrons. The van der Waals surface area contributed by atoms with E-state index in [0.717, 1.165) is 51.6 Å². The highest BCUT2D eigenvalue weighted by Crippen LogP contribution is 2.51. The highest BCUT2D eigenvalue weighted by atomic mass is 19.1. The van der Waals surface area contributed by atoms with E-state index in [0.29, 0.717) is 36.2 Å². The van der Waals surface area contributed by atoms with E-state index in [2.05, 4.69) is 25.9 Å². The fourth-order valence-electron chi connectivity index (χ4n) is 6.77. The van der Waals surface area contributed by atoms with Crippen molar-refractivity contribution >= 4 is 29.3 Å². The zero-order chi connectivity index (χ0) is 32.5. The zero-order valence-corrected chi connectivity index (χ0v) is 27.0. The normalized spacial score (nSPS) is 20.6. The second-order valence-electron chi connectivity index (χ2n) is 13.6. The average Bonchev–Trinajstić information content (AvgIpc) is 3.92. The number of nitrogens with zero attached hydrogens (tertiary/aromatic N) is 4. The van der Waals surface area contributed by atoms with Crippen LogP contribution in [-0.2, 0) is 14.4 Å². The predicted molar refractivity (Wildman–Crippen MR) is 170 cm³/mol. The minimum atomic E-state index is -0.850. The average molecular weight is 636 g/mol. The molecule has 4 fully saturated rings. The van der Waals surface area contributed by atoms with Crippen LogP contribution in [0.25, 0.3) is 0 Å². The number of aromatic nitrogens is 2. The molecule has 3 N–H and O–H groups in total. The van der Waals surface area contributed by atoms with Gasteiger partial charge in [-0.25, -0.2) is 4.39 Å². The number of benzene rings is 1. The van der Waals surface area contributed by atoms with E-state index in [1.165, 1.54) is 12.1 Å². The van der Waals surface area contributed by atoms with Gasteiger partial charge in [-0.3, -0.25) is 23.9 Å². The largest absolute Gasteiger partial charge is 0.344 e. The molecule has 1 aromatic heterocycles. The summed E-state index contributed by atoms with van der Waals surface area (Å²) >= 11 is 0. The van der Waals surface area contributed by atoms with Crippen molar-refractivity contribution in [1.29, 1.82) is 0 Å². The molecule has 0 unspecified atom stereocenters. The van der Waals surface area contributed by atoms with Crippen molar-refractivity contribution in [2.24, 2.45) is 17.8 Å². The fourth-order valence-corrected chi connectivity index (χ4v) is 6.77. The van der Waals surface area contributed by atoms with Gasteiger partial charge >= 0.3 is 0 Å². The van der Waals surface area contributed by atoms with Gasteiger partial charge in [0.15, 0.2) is 0 Å². The van der Waals surface area contributed by atoms with Crippen LogP contribution in [0, 0.1) is 23.6 Å². The smallest absolute Gasteiger partial charge is 0.270 e. The Morgan fingerprint density at radius 2 is 1.61 bits per heavy atom. The van der Waals surface area contributed by atoms with E-state index in [1.54, 1.807) is 41.8 Å². The first-order chi connectivity index (χ1) is 22.1. The molecule has 1 aromatic carbocycles. The predicted octanol–water partition coefficient (Wildman–Crippen LogP) is 3.30. The summed E-state index contributed by atoms with van der Waals surface area (Å²) in [5, 5.41) is 13.0. The molecule has 2 heterocycles. The molecular weight excluding hydrogens is 589 g/mol. The first-order valence-electron chi connectivity index (χ1n) is 16.9. The summed E-state index contributed by atoms with van der Waals surface area (Å²) in [6, 6.07) is 4.75. The Morgan fingerprint density at radius 3 is 2.20 bits per heavy atom. The van der Waals surface area contributed by atoms with Gasteiger partial charge in [0.1, 0.15) is 23.6 Å². The molecular formula is C34H46FN7O4. The third kappa shape index (κ3) is 7.27. The van der Waals surface area contributed by atoms with Gasteiger partial charge in [-0.2, -0.15) is 5.10 Å². The Balaban J connectivity index is 1.19. The van der Waals surface area contributed by atoms with Crippen molar-refractivity contribution in [3.05, 3.63) is 47.5 Å². The van der Waals surface area contributed by atoms with Gasteiger partial charge in [0.05, 0.1) is 11.7 Å². The highest BCUT2D eigenvalue weighted by Gasteiger charge is 2.48. The lowest BCUT2D eigenvalue weighted by molar-refractivity contribution is -0.138. The van der Waals surface area contributed by atoms with Crippen molar-refractivity contribution in [2.75, 3.05) is 38.5 Å². The molecule has 46 heavy (non-hydrogen) atoms. The molecule has 0 radical (unpaired) electrons. The SMILES string of the molecule is CCC(=O)N[C@@H](C(=O)N1CCN(C)CC1)[C@@H](C)c1ccc(NC(=O)[C@@H](NC(=O)c2ccnn2C2CC2)C(C2CC2)C2CC2)c(F)c1. The van der Waals surface area contributed by atoms with Crippen LogP contribution in [0.15, 0.2) is 30.5 Å². The maximum Gasteiger partial charge on any atom is 0.270 e. The number of amides is 4. The number of hydrogen-bond donors (Lipinski definition) is 3. The second kappa shape index (κ2) is 13.5. The number of nitrogens with one attached hydrogen (secondary N) is 3. The Kier molecular flexibility index (Phi) is 9.44. The van der Waals surface area contributed by atoms with Gasteiger partial charge in [0, 0.05) is 44.7 Å². The van der Waals surface area contributed by atoms with Gasteiger partial charge in [0.25, 0.3) is 5.91 Å². The fraction of sp³-hybridized carbons (Fsp3) is 0.618. The monoisotopic (exact) mass is 635 g/mol. The third-order valence-electron chi connectivity index (χ3n) is 10.1. The summed E-state index contributed by atoms with van der Waals surface area (Å²) in [6.07, 6.45) is 7.85. The molecule has 3 atom stereocenters. The molecule has 1 saturated heterocycles. The van der Waals surface area contributed by atoms with E-state index in [1.807, 2.05) is 7.05 Å². The van der Waals surface area contributed by atoms with Gasteiger partial charge in [-0.15, -0.1) is 0 Å². The van der Waals surface area contributed by atoms with Crippen molar-refractivity contribution in [3.8, 4) is 0 Å². The van der Waals surface area contributed by atoms with E-state index in [-0.39, 0.29) is 41.8 Å². The second-order valence-corrected chi connectivity index (χ2v) is 13.6. The summed E-state index contributed by atoms with van der Waals surface area (Å²) < 4.78 is 17.4. The van der Waals surface area contributed by atoms with Gasteiger partial charge in [-0.1, -0.05) is 19.9 Å². The molecule has 4 aliphatic rings. The third-order valence-corrected chi connectivity index (χ3v) is 10.1. The lowest BCUT2D eigenvalue weighted by Gasteiger charge is -2.36. The number of likely N-dealkylation sites (N-methyl/N-ethyl adjacent to an activating group) is 1. The van der Waals surface area contributed by atoms with Crippen LogP contribution in [0.4, 0.5) is 10.1 Å². The van der Waals surface area contributed by atoms with E-state index >= 15 is 4.39 Å². The summed E-state index contributed by atoms with van der Waals surface area (Å²) in [4.78, 5) is 57.2. The number of carbonyl (C=O) groups excluding carboxylic acids is 4. The lowest BCUT2D eigenvalue weighted by atomic mass is 9.88. The summed E-state index contributed by atoms with van der Waals surface area (Å²) in [5.74, 6) is -1.66. The molecule has 11 nitrogen and oxygen atoms in total. The van der Waals surface area contributed by atoms with Crippen LogP contribution < -0.4 is 16.0 Å². The van der Waals surface area contributed by atoms with Crippen LogP contribution in [0.1, 0.15) is 86.8 Å². The van der Waals surface area contributed by atoms with E-state index in [4.69, 9.17) is 0 Å². The van der Waals surface area contributed by atoms with Gasteiger partial charge in [-0.05, 0) is 87.1 Å². The maximum atomic E-state index is 15.7. The summed E-state index contributed by atoms with van der Waals surface area (Å²) in [7, 11) is 2.00. The van der Waals surface area contributed by atoms with Crippen molar-refractivity contribution in [3.63, 3.8) is 0 Å². The topological polar surface area (TPSA) is 129 Å². The molecule has 12 heteroatoms. The molecule has 2 aromatic rings. The molecule has 3 saturated carbocycles. The van der Waals surface area contributed by atoms with Crippen molar-refractivity contribution in [1.82, 2.24) is 30.2 Å². The minimum absolute atomic E-state index is 0.00729. The number of carbonyl (C=O) groups is 4. The summed E-state index contributed by atoms with van der Waals surface area (Å²) in [6.45, 7) is 6.13. The zero-order valence-electron chi connectivity index (χ0n) is 27.0. The highest BCUT2D eigenvalue weighted by molar-refractivity contribution is 6.01. The molecule has 6 rings (SSSR count). The minimum Gasteiger partial charge on any atom is -0.344 e. The van der Waals surface area contributed by atoms with Crippen LogP contribution in [-0.4, -0.2) is 88.5 Å². The Morgan fingerprint density at radius 1 is 0.935 bits per heavy atom. The number of halogens is 1. The first kappa shape index (κ1) is 32.2. The quantitative estimate of drug-likeness (QED) is 0.310. The van der Waals surface area contributed by atoms with Gasteiger partial charge < -0.3 is 25.8 Å². The number of piperazine rings is 1. The van der Waals surface area contributed by atoms with Crippen LogP contribution >= 0.6 is 0 Å². The number of rotatable bonds is 13. The standard InChI is InChI=1S/C34H46FN7O4/c1-4-28(43)38-30(34(46)41-17-15-40(3)16-18-41)20(2)23-9-12-26(25(35)19-23)37-33(45)31(29(21-5-6-21)22-7-8-22)39-32(44)27-13-14-36-42(27)24-10-11-24/h9,12-14,19-22,24,29-31H,4-8,10-11,15-18H2,1-3H3,(H,37,45)(H,38,43)(H,39,44)/t20-,30+,31-/m0/s1. The number of anilines is 1. The Bertz CT molecular complexity index is 1450. The molecule has 0 bridgehead atoms. The first-order valence-corrected chi connectivity index (χ1v) is 16.9. The molecule has 3 aliphatic carbocycles. The van der Waals surface area contributed by atoms with Crippen LogP contribution in [0.5, 0.6) is 0 Å². The Labute approximate surface area is 269 Å². The van der Waals surface area contributed by atoms with Crippen molar-refractivity contribution in [2.45, 2.75) is 82.8 Å². The Hall–Kier alpha value is -3.80. The van der Waals surface area contributed by atoms with E-state index < -0.39 is 29.7 Å². The number of hydrogen-bond acceptors (Lipinski definition) is 6. The van der Waals surface area contributed by atoms with E-state index in [9.17, 15) is 19.2 Å². The van der Waals surface area contributed by atoms with Crippen LogP contribution in [0.3, 0.4) is 0 Å². The maximum absolute atomic E-state index is 15.7. The molecule has 1 aliphatic heterocycles. The molecule has 4 amide bonds. The van der Waals surface area contributed by atoms with Crippen molar-refractivity contribution < 1.29 is 23.6 Å². The van der Waals surface area contributed by atoms with Crippen LogP contribution in [0.2, 0.25) is 0 Å². The lowest BCUT2D eigenvalue weighted by Crippen LogP contribution is -2.55.